The molecule has 0 saturated heterocycles. The van der Waals surface area contributed by atoms with Crippen molar-refractivity contribution in [3.05, 3.63) is 12.2 Å². The molecule has 10 N–H and O–H groups in total. The van der Waals surface area contributed by atoms with Crippen molar-refractivity contribution in [2.75, 3.05) is 6.61 Å². The molecule has 10 heteroatoms. The van der Waals surface area contributed by atoms with Crippen LogP contribution in [0.25, 0.3) is 0 Å². The van der Waals surface area contributed by atoms with E-state index in [-0.39, 0.29) is 18.2 Å². The van der Waals surface area contributed by atoms with Crippen molar-refractivity contribution in [2.45, 2.75) is 142 Å². The van der Waals surface area contributed by atoms with Gasteiger partial charge >= 0.3 is 0 Å². The van der Waals surface area contributed by atoms with Crippen molar-refractivity contribution in [1.29, 1.82) is 0 Å². The number of hydrogen-bond acceptors (Lipinski definition) is 6. The molecular formula is C26H58N3O6P. The maximum absolute atomic E-state index is 12.2. The van der Waals surface area contributed by atoms with Gasteiger partial charge in [-0.25, -0.2) is 0 Å². The summed E-state index contributed by atoms with van der Waals surface area (Å²) in [5.41, 5.74) is 0. The molecule has 0 unspecified atom stereocenters. The normalized spacial score (nSPS) is 13.1. The van der Waals surface area contributed by atoms with Gasteiger partial charge in [0.15, 0.2) is 0 Å². The van der Waals surface area contributed by atoms with Gasteiger partial charge in [-0.3, -0.25) is 4.79 Å². The quantitative estimate of drug-likeness (QED) is 0.0654. The highest BCUT2D eigenvalue weighted by molar-refractivity contribution is 7.43. The Labute approximate surface area is 220 Å². The number of quaternary nitrogens is 2. The lowest BCUT2D eigenvalue weighted by atomic mass is 10.0. The summed E-state index contributed by atoms with van der Waals surface area (Å²) in [6, 6.07) is -0.979. The molecule has 0 aromatic carbocycles. The van der Waals surface area contributed by atoms with Crippen molar-refractivity contribution in [3.8, 4) is 0 Å². The first-order chi connectivity index (χ1) is 16.3. The van der Waals surface area contributed by atoms with Gasteiger partial charge in [0.2, 0.25) is 5.91 Å². The van der Waals surface area contributed by atoms with Crippen LogP contribution in [-0.4, -0.2) is 29.8 Å². The van der Waals surface area contributed by atoms with E-state index in [9.17, 15) is 24.3 Å². The largest absolute Gasteiger partial charge is 0.790 e. The van der Waals surface area contributed by atoms with Gasteiger partial charge in [-0.1, -0.05) is 116 Å². The fraction of sp³-hybridized carbons (Fsp3) is 0.885. The highest BCUT2D eigenvalue weighted by Crippen LogP contribution is 2.25. The number of carbonyl (C=O) groups excluding carboxylic acids is 1. The van der Waals surface area contributed by atoms with Crippen molar-refractivity contribution < 1.29 is 28.8 Å². The average Bonchev–Trinajstić information content (AvgIpc) is 2.78. The van der Waals surface area contributed by atoms with E-state index in [1.165, 1.54) is 57.8 Å². The lowest BCUT2D eigenvalue weighted by Crippen LogP contribution is -2.46. The van der Waals surface area contributed by atoms with E-state index in [0.717, 1.165) is 51.4 Å². The maximum Gasteiger partial charge on any atom is 0.220 e. The zero-order valence-electron chi connectivity index (χ0n) is 23.7. The van der Waals surface area contributed by atoms with Crippen molar-refractivity contribution in [1.82, 2.24) is 17.6 Å². The predicted octanol–water partition coefficient (Wildman–Crippen LogP) is 6.05. The van der Waals surface area contributed by atoms with Gasteiger partial charge < -0.3 is 41.6 Å². The minimum absolute atomic E-state index is 0. The minimum Gasteiger partial charge on any atom is -0.790 e. The van der Waals surface area contributed by atoms with Crippen molar-refractivity contribution in [2.24, 2.45) is 0 Å². The molecule has 36 heavy (non-hydrogen) atoms. The van der Waals surface area contributed by atoms with E-state index in [4.69, 9.17) is 0 Å². The number of phosphoric ester groups is 1. The van der Waals surface area contributed by atoms with Crippen LogP contribution in [0.1, 0.15) is 129 Å². The second-order valence-electron chi connectivity index (χ2n) is 9.32. The van der Waals surface area contributed by atoms with Crippen LogP contribution in [0.5, 0.6) is 0 Å². The molecule has 1 amide bonds. The summed E-state index contributed by atoms with van der Waals surface area (Å²) in [6.07, 6.45) is 22.3. The Balaban J connectivity index is -0.00000544. The summed E-state index contributed by atoms with van der Waals surface area (Å²) in [5, 5.41) is 13.0. The zero-order valence-corrected chi connectivity index (χ0v) is 24.6. The molecule has 0 aliphatic carbocycles. The SMILES string of the molecule is CCCCCCCCCCCCC/C=C/[C@@H](O)[C@H](COP(=O)([O-])[O-])NC(=O)CCCCCCC.[NH4+].[NH4+]. The summed E-state index contributed by atoms with van der Waals surface area (Å²) in [5.74, 6) is -0.283. The van der Waals surface area contributed by atoms with Crippen LogP contribution in [0.2, 0.25) is 0 Å². The summed E-state index contributed by atoms with van der Waals surface area (Å²) in [7, 11) is -5.18. The van der Waals surface area contributed by atoms with Crippen molar-refractivity contribution >= 4 is 13.7 Å². The summed E-state index contributed by atoms with van der Waals surface area (Å²) >= 11 is 0. The van der Waals surface area contributed by atoms with E-state index in [2.05, 4.69) is 23.7 Å². The lowest BCUT2D eigenvalue weighted by molar-refractivity contribution is -0.342. The molecule has 0 rings (SSSR count). The summed E-state index contributed by atoms with van der Waals surface area (Å²) in [6.45, 7) is 3.78. The lowest BCUT2D eigenvalue weighted by Gasteiger charge is -2.32. The Hall–Kier alpha value is -0.800. The van der Waals surface area contributed by atoms with E-state index in [0.29, 0.717) is 6.42 Å². The Bertz CT molecular complexity index is 560. The number of rotatable bonds is 24. The van der Waals surface area contributed by atoms with Gasteiger partial charge in [0.25, 0.3) is 0 Å². The number of aliphatic hydroxyl groups is 1. The van der Waals surface area contributed by atoms with Gasteiger partial charge in [-0.15, -0.1) is 0 Å². The Morgan fingerprint density at radius 1 is 0.833 bits per heavy atom. The van der Waals surface area contributed by atoms with E-state index in [1.54, 1.807) is 6.08 Å². The van der Waals surface area contributed by atoms with Gasteiger partial charge in [-0.05, 0) is 19.3 Å². The molecule has 0 aliphatic heterocycles. The summed E-state index contributed by atoms with van der Waals surface area (Å²) < 4.78 is 15.2. The second-order valence-corrected chi connectivity index (χ2v) is 10.5. The molecule has 0 spiro atoms. The number of nitrogens with one attached hydrogen (secondary N) is 1. The van der Waals surface area contributed by atoms with E-state index in [1.807, 2.05) is 6.08 Å². The molecule has 0 radical (unpaired) electrons. The predicted molar refractivity (Wildman–Crippen MR) is 147 cm³/mol. The summed E-state index contributed by atoms with van der Waals surface area (Å²) in [4.78, 5) is 33.9. The highest BCUT2D eigenvalue weighted by Gasteiger charge is 2.20. The van der Waals surface area contributed by atoms with E-state index < -0.39 is 26.6 Å². The third-order valence-electron chi connectivity index (χ3n) is 5.99. The number of carbonyl (C=O) groups is 1. The van der Waals surface area contributed by atoms with Gasteiger partial charge in [0.05, 0.1) is 26.6 Å². The first-order valence-electron chi connectivity index (χ1n) is 13.6. The number of hydrogen-bond donors (Lipinski definition) is 4. The molecule has 0 heterocycles. The molecule has 0 aromatic heterocycles. The number of amides is 1. The topological polar surface area (TPSA) is 195 Å². The number of aliphatic hydroxyl groups excluding tert-OH is 1. The second kappa shape index (κ2) is 27.2. The smallest absolute Gasteiger partial charge is 0.220 e. The molecule has 2 atom stereocenters. The zero-order chi connectivity index (χ0) is 25.5. The highest BCUT2D eigenvalue weighted by atomic mass is 31.2. The standard InChI is InChI=1S/C26H52NO6P.2H3N/c1-3-5-7-9-10-11-12-13-14-15-16-18-19-21-25(28)24(23-33-34(30,31)32)27-26(29)22-20-17-8-6-4-2;;/h19,21,24-25,28H,3-18,20,22-23H2,1-2H3,(H,27,29)(H2,30,31,32);2*1H3/b21-19+;;/t24-,25+;;/m0../s1. The van der Waals surface area contributed by atoms with Gasteiger partial charge in [-0.2, -0.15) is 0 Å². The van der Waals surface area contributed by atoms with Crippen LogP contribution in [0.15, 0.2) is 12.2 Å². The molecular weight excluding hydrogens is 481 g/mol. The Kier molecular flexibility index (Phi) is 30.0. The van der Waals surface area contributed by atoms with Crippen LogP contribution >= 0.6 is 7.82 Å². The van der Waals surface area contributed by atoms with Crippen LogP contribution in [0.3, 0.4) is 0 Å². The molecule has 0 aliphatic rings. The van der Waals surface area contributed by atoms with Crippen LogP contribution < -0.4 is 27.4 Å². The van der Waals surface area contributed by atoms with Crippen LogP contribution in [-0.2, 0) is 13.9 Å². The first kappa shape index (κ1) is 39.7. The monoisotopic (exact) mass is 539 g/mol. The fourth-order valence-electron chi connectivity index (χ4n) is 3.86. The van der Waals surface area contributed by atoms with Crippen molar-refractivity contribution in [3.63, 3.8) is 0 Å². The van der Waals surface area contributed by atoms with Crippen LogP contribution in [0.4, 0.5) is 0 Å². The van der Waals surface area contributed by atoms with Crippen LogP contribution in [0, 0.1) is 0 Å². The number of phosphoric acid groups is 1. The third-order valence-corrected chi connectivity index (χ3v) is 6.45. The molecule has 9 nitrogen and oxygen atoms in total. The maximum atomic E-state index is 12.2. The Morgan fingerprint density at radius 3 is 1.75 bits per heavy atom. The molecule has 0 saturated carbocycles. The molecule has 0 bridgehead atoms. The third kappa shape index (κ3) is 27.8. The fourth-order valence-corrected chi connectivity index (χ4v) is 4.20. The first-order valence-corrected chi connectivity index (χ1v) is 15.1. The molecule has 0 fully saturated rings. The number of unbranched alkanes of at least 4 members (excludes halogenated alkanes) is 15. The molecule has 0 aromatic rings. The van der Waals surface area contributed by atoms with Gasteiger partial charge in [0.1, 0.15) is 0 Å². The van der Waals surface area contributed by atoms with Gasteiger partial charge in [0, 0.05) is 6.42 Å². The average molecular weight is 540 g/mol. The Morgan fingerprint density at radius 2 is 1.28 bits per heavy atom. The minimum atomic E-state index is -5.18. The number of allylic oxidation sites excluding steroid dienone is 1. The molecule has 218 valence electrons. The van der Waals surface area contributed by atoms with E-state index >= 15 is 0 Å².